The van der Waals surface area contributed by atoms with Gasteiger partial charge in [-0.1, -0.05) is 30.3 Å². The lowest BCUT2D eigenvalue weighted by Gasteiger charge is -2.18. The standard InChI is InChI=1S/C13H19NO/c1-4-10(2)14-11(3)13-7-5-6-12(8-13)9-15/h4-8,10-11,14-15H,1,9H2,2-3H3. The lowest BCUT2D eigenvalue weighted by Crippen LogP contribution is -2.26. The normalized spacial score (nSPS) is 14.6. The molecular weight excluding hydrogens is 186 g/mol. The Kier molecular flexibility index (Phi) is 4.53. The van der Waals surface area contributed by atoms with E-state index < -0.39 is 0 Å². The van der Waals surface area contributed by atoms with Gasteiger partial charge in [0.15, 0.2) is 0 Å². The van der Waals surface area contributed by atoms with Crippen LogP contribution in [0.2, 0.25) is 0 Å². The molecule has 2 atom stereocenters. The van der Waals surface area contributed by atoms with Crippen LogP contribution in [0.3, 0.4) is 0 Å². The second kappa shape index (κ2) is 5.69. The summed E-state index contributed by atoms with van der Waals surface area (Å²) in [6.45, 7) is 8.01. The van der Waals surface area contributed by atoms with E-state index in [1.807, 2.05) is 24.3 Å². The second-order valence-corrected chi connectivity index (χ2v) is 3.82. The van der Waals surface area contributed by atoms with Gasteiger partial charge in [-0.2, -0.15) is 0 Å². The van der Waals surface area contributed by atoms with E-state index in [0.29, 0.717) is 0 Å². The van der Waals surface area contributed by atoms with Gasteiger partial charge in [0.05, 0.1) is 6.61 Å². The molecule has 0 radical (unpaired) electrons. The molecule has 0 aromatic heterocycles. The average molecular weight is 205 g/mol. The van der Waals surface area contributed by atoms with E-state index in [9.17, 15) is 0 Å². The Morgan fingerprint density at radius 1 is 1.47 bits per heavy atom. The van der Waals surface area contributed by atoms with Crippen LogP contribution in [-0.2, 0) is 6.61 Å². The molecule has 82 valence electrons. The van der Waals surface area contributed by atoms with Crippen LogP contribution in [0.1, 0.15) is 31.0 Å². The van der Waals surface area contributed by atoms with Gasteiger partial charge in [-0.25, -0.2) is 0 Å². The van der Waals surface area contributed by atoms with Crippen molar-refractivity contribution in [1.82, 2.24) is 5.32 Å². The van der Waals surface area contributed by atoms with Gasteiger partial charge >= 0.3 is 0 Å². The highest BCUT2D eigenvalue weighted by Crippen LogP contribution is 2.14. The number of aliphatic hydroxyl groups excluding tert-OH is 1. The summed E-state index contributed by atoms with van der Waals surface area (Å²) in [5.74, 6) is 0. The lowest BCUT2D eigenvalue weighted by molar-refractivity contribution is 0.281. The van der Waals surface area contributed by atoms with Crippen LogP contribution >= 0.6 is 0 Å². The van der Waals surface area contributed by atoms with Crippen molar-refractivity contribution in [1.29, 1.82) is 0 Å². The van der Waals surface area contributed by atoms with Crippen LogP contribution in [0.15, 0.2) is 36.9 Å². The molecular formula is C13H19NO. The van der Waals surface area contributed by atoms with Crippen molar-refractivity contribution in [2.45, 2.75) is 32.5 Å². The van der Waals surface area contributed by atoms with Gasteiger partial charge < -0.3 is 10.4 Å². The molecule has 15 heavy (non-hydrogen) atoms. The Morgan fingerprint density at radius 3 is 2.80 bits per heavy atom. The zero-order chi connectivity index (χ0) is 11.3. The second-order valence-electron chi connectivity index (χ2n) is 3.82. The van der Waals surface area contributed by atoms with Crippen LogP contribution < -0.4 is 5.32 Å². The van der Waals surface area contributed by atoms with E-state index in [1.54, 1.807) is 0 Å². The van der Waals surface area contributed by atoms with Crippen LogP contribution in [-0.4, -0.2) is 11.1 Å². The third-order valence-corrected chi connectivity index (χ3v) is 2.50. The largest absolute Gasteiger partial charge is 0.392 e. The van der Waals surface area contributed by atoms with Gasteiger partial charge in [0.25, 0.3) is 0 Å². The predicted molar refractivity (Wildman–Crippen MR) is 63.6 cm³/mol. The molecule has 0 saturated carbocycles. The molecule has 2 heteroatoms. The Balaban J connectivity index is 2.72. The summed E-state index contributed by atoms with van der Waals surface area (Å²) in [7, 11) is 0. The van der Waals surface area contributed by atoms with Crippen molar-refractivity contribution in [3.8, 4) is 0 Å². The van der Waals surface area contributed by atoms with Crippen molar-refractivity contribution >= 4 is 0 Å². The van der Waals surface area contributed by atoms with Gasteiger partial charge in [-0.15, -0.1) is 6.58 Å². The van der Waals surface area contributed by atoms with Crippen molar-refractivity contribution in [3.63, 3.8) is 0 Å². The van der Waals surface area contributed by atoms with Crippen molar-refractivity contribution in [2.75, 3.05) is 0 Å². The molecule has 1 rings (SSSR count). The van der Waals surface area contributed by atoms with E-state index in [1.165, 1.54) is 5.56 Å². The van der Waals surface area contributed by atoms with Crippen molar-refractivity contribution < 1.29 is 5.11 Å². The first-order valence-corrected chi connectivity index (χ1v) is 5.25. The Hall–Kier alpha value is -1.12. The Morgan fingerprint density at radius 2 is 2.20 bits per heavy atom. The van der Waals surface area contributed by atoms with Crippen molar-refractivity contribution in [2.24, 2.45) is 0 Å². The smallest absolute Gasteiger partial charge is 0.0681 e. The number of aliphatic hydroxyl groups is 1. The fourth-order valence-corrected chi connectivity index (χ4v) is 1.52. The van der Waals surface area contributed by atoms with E-state index in [4.69, 9.17) is 5.11 Å². The lowest BCUT2D eigenvalue weighted by atomic mass is 10.0. The fourth-order valence-electron chi connectivity index (χ4n) is 1.52. The number of nitrogens with one attached hydrogen (secondary N) is 1. The molecule has 2 nitrogen and oxygen atoms in total. The third kappa shape index (κ3) is 3.50. The molecule has 0 fully saturated rings. The molecule has 1 aromatic rings. The van der Waals surface area contributed by atoms with Gasteiger partial charge in [0, 0.05) is 12.1 Å². The third-order valence-electron chi connectivity index (χ3n) is 2.50. The van der Waals surface area contributed by atoms with E-state index in [2.05, 4.69) is 31.8 Å². The highest BCUT2D eigenvalue weighted by atomic mass is 16.3. The summed E-state index contributed by atoms with van der Waals surface area (Å²) in [6.07, 6.45) is 1.88. The molecule has 0 bridgehead atoms. The molecule has 2 N–H and O–H groups in total. The first-order valence-electron chi connectivity index (χ1n) is 5.25. The minimum absolute atomic E-state index is 0.0948. The Bertz CT molecular complexity index is 322. The quantitative estimate of drug-likeness (QED) is 0.723. The minimum atomic E-state index is 0.0948. The molecule has 0 spiro atoms. The summed E-state index contributed by atoms with van der Waals surface area (Å²) in [5.41, 5.74) is 2.14. The van der Waals surface area contributed by atoms with E-state index >= 15 is 0 Å². The zero-order valence-corrected chi connectivity index (χ0v) is 9.40. The predicted octanol–water partition coefficient (Wildman–Crippen LogP) is 2.40. The molecule has 0 aliphatic carbocycles. The zero-order valence-electron chi connectivity index (χ0n) is 9.40. The van der Waals surface area contributed by atoms with Crippen molar-refractivity contribution in [3.05, 3.63) is 48.0 Å². The summed E-state index contributed by atoms with van der Waals surface area (Å²) in [4.78, 5) is 0. The maximum absolute atomic E-state index is 9.04. The van der Waals surface area contributed by atoms with Gasteiger partial charge in [-0.05, 0) is 25.0 Å². The summed E-state index contributed by atoms with van der Waals surface area (Å²) >= 11 is 0. The van der Waals surface area contributed by atoms with E-state index in [-0.39, 0.29) is 18.7 Å². The van der Waals surface area contributed by atoms with E-state index in [0.717, 1.165) is 5.56 Å². The Labute approximate surface area is 91.6 Å². The number of benzene rings is 1. The fraction of sp³-hybridized carbons (Fsp3) is 0.385. The monoisotopic (exact) mass is 205 g/mol. The highest BCUT2D eigenvalue weighted by molar-refractivity contribution is 5.25. The first kappa shape index (κ1) is 12.0. The van der Waals surface area contributed by atoms with Crippen LogP contribution in [0.25, 0.3) is 0 Å². The summed E-state index contributed by atoms with van der Waals surface area (Å²) in [5, 5.41) is 12.4. The van der Waals surface area contributed by atoms with Gasteiger partial charge in [0.2, 0.25) is 0 Å². The molecule has 0 heterocycles. The highest BCUT2D eigenvalue weighted by Gasteiger charge is 2.07. The maximum Gasteiger partial charge on any atom is 0.0681 e. The summed E-state index contributed by atoms with van der Waals surface area (Å²) in [6, 6.07) is 8.53. The SMILES string of the molecule is C=CC(C)NC(C)c1cccc(CO)c1. The molecule has 0 amide bonds. The van der Waals surface area contributed by atoms with Crippen LogP contribution in [0, 0.1) is 0 Å². The van der Waals surface area contributed by atoms with Gasteiger partial charge in [0.1, 0.15) is 0 Å². The van der Waals surface area contributed by atoms with Crippen LogP contribution in [0.5, 0.6) is 0 Å². The molecule has 0 aliphatic heterocycles. The van der Waals surface area contributed by atoms with Crippen LogP contribution in [0.4, 0.5) is 0 Å². The molecule has 0 aliphatic rings. The topological polar surface area (TPSA) is 32.3 Å². The average Bonchev–Trinajstić information content (AvgIpc) is 2.28. The first-order chi connectivity index (χ1) is 7.17. The molecule has 1 aromatic carbocycles. The number of rotatable bonds is 5. The summed E-state index contributed by atoms with van der Waals surface area (Å²) < 4.78 is 0. The molecule has 2 unspecified atom stereocenters. The van der Waals surface area contributed by atoms with Gasteiger partial charge in [-0.3, -0.25) is 0 Å². The molecule has 0 saturated heterocycles. The number of hydrogen-bond donors (Lipinski definition) is 2. The maximum atomic E-state index is 9.04. The number of hydrogen-bond acceptors (Lipinski definition) is 2. The minimum Gasteiger partial charge on any atom is -0.392 e.